The van der Waals surface area contributed by atoms with E-state index in [0.29, 0.717) is 17.8 Å². The van der Waals surface area contributed by atoms with E-state index in [0.717, 1.165) is 11.3 Å². The minimum Gasteiger partial charge on any atom is -0.469 e. The zero-order valence-corrected chi connectivity index (χ0v) is 11.8. The fourth-order valence-electron chi connectivity index (χ4n) is 1.82. The van der Waals surface area contributed by atoms with Crippen LogP contribution in [-0.4, -0.2) is 19.1 Å². The van der Waals surface area contributed by atoms with Crippen molar-refractivity contribution in [2.24, 2.45) is 0 Å². The van der Waals surface area contributed by atoms with Crippen LogP contribution in [0.1, 0.15) is 21.7 Å². The summed E-state index contributed by atoms with van der Waals surface area (Å²) in [7, 11) is 1.26. The molecule has 1 aromatic heterocycles. The van der Waals surface area contributed by atoms with Gasteiger partial charge in [-0.2, -0.15) is 0 Å². The predicted octanol–water partition coefficient (Wildman–Crippen LogP) is 2.70. The SMILES string of the molecule is COC(=O)Nc1ccccc1C(=O)NCc1ccoc1C. The molecule has 0 atom stereocenters. The molecule has 0 aliphatic carbocycles. The molecule has 21 heavy (non-hydrogen) atoms. The van der Waals surface area contributed by atoms with Crippen LogP contribution >= 0.6 is 0 Å². The van der Waals surface area contributed by atoms with Crippen LogP contribution in [0.15, 0.2) is 41.0 Å². The minimum absolute atomic E-state index is 0.289. The van der Waals surface area contributed by atoms with Gasteiger partial charge in [-0.3, -0.25) is 10.1 Å². The van der Waals surface area contributed by atoms with Crippen LogP contribution in [0.3, 0.4) is 0 Å². The van der Waals surface area contributed by atoms with Gasteiger partial charge in [0.25, 0.3) is 5.91 Å². The van der Waals surface area contributed by atoms with Gasteiger partial charge in [-0.15, -0.1) is 0 Å². The van der Waals surface area contributed by atoms with Gasteiger partial charge in [-0.1, -0.05) is 12.1 Å². The maximum absolute atomic E-state index is 12.2. The van der Waals surface area contributed by atoms with Crippen LogP contribution in [0.5, 0.6) is 0 Å². The third-order valence-corrected chi connectivity index (χ3v) is 3.00. The third-order valence-electron chi connectivity index (χ3n) is 3.00. The van der Waals surface area contributed by atoms with Gasteiger partial charge in [-0.25, -0.2) is 4.79 Å². The zero-order valence-electron chi connectivity index (χ0n) is 11.8. The quantitative estimate of drug-likeness (QED) is 0.906. The van der Waals surface area contributed by atoms with Crippen molar-refractivity contribution in [3.63, 3.8) is 0 Å². The van der Waals surface area contributed by atoms with E-state index in [1.165, 1.54) is 7.11 Å². The smallest absolute Gasteiger partial charge is 0.411 e. The first kappa shape index (κ1) is 14.6. The molecule has 2 amide bonds. The molecule has 0 saturated carbocycles. The Morgan fingerprint density at radius 2 is 2.00 bits per heavy atom. The Kier molecular flexibility index (Phi) is 4.61. The monoisotopic (exact) mass is 288 g/mol. The lowest BCUT2D eigenvalue weighted by molar-refractivity contribution is 0.0951. The van der Waals surface area contributed by atoms with E-state index in [1.807, 2.05) is 6.92 Å². The van der Waals surface area contributed by atoms with Gasteiger partial charge in [0.15, 0.2) is 0 Å². The number of benzene rings is 1. The summed E-state index contributed by atoms with van der Waals surface area (Å²) in [6.45, 7) is 2.18. The maximum Gasteiger partial charge on any atom is 0.411 e. The van der Waals surface area contributed by atoms with E-state index in [9.17, 15) is 9.59 Å². The van der Waals surface area contributed by atoms with Crippen molar-refractivity contribution in [3.05, 3.63) is 53.5 Å². The Morgan fingerprint density at radius 3 is 2.67 bits per heavy atom. The summed E-state index contributed by atoms with van der Waals surface area (Å²) in [6, 6.07) is 8.51. The van der Waals surface area contributed by atoms with Gasteiger partial charge in [0.2, 0.25) is 0 Å². The molecule has 1 heterocycles. The second-order valence-electron chi connectivity index (χ2n) is 4.35. The number of aryl methyl sites for hydroxylation is 1. The molecule has 0 unspecified atom stereocenters. The van der Waals surface area contributed by atoms with Gasteiger partial charge in [0.1, 0.15) is 5.76 Å². The molecular formula is C15H16N2O4. The molecule has 0 bridgehead atoms. The number of hydrogen-bond donors (Lipinski definition) is 2. The van der Waals surface area contributed by atoms with E-state index >= 15 is 0 Å². The highest BCUT2D eigenvalue weighted by Gasteiger charge is 2.13. The van der Waals surface area contributed by atoms with Crippen molar-refractivity contribution in [1.29, 1.82) is 0 Å². The lowest BCUT2D eigenvalue weighted by Gasteiger charge is -2.10. The Bertz CT molecular complexity index is 649. The Hall–Kier alpha value is -2.76. The topological polar surface area (TPSA) is 80.6 Å². The fraction of sp³-hybridized carbons (Fsp3) is 0.200. The first-order valence-electron chi connectivity index (χ1n) is 6.37. The van der Waals surface area contributed by atoms with Crippen LogP contribution in [0, 0.1) is 6.92 Å². The summed E-state index contributed by atoms with van der Waals surface area (Å²) in [6.07, 6.45) is 0.949. The van der Waals surface area contributed by atoms with Crippen molar-refractivity contribution in [3.8, 4) is 0 Å². The van der Waals surface area contributed by atoms with Gasteiger partial charge in [-0.05, 0) is 25.1 Å². The molecule has 110 valence electrons. The number of para-hydroxylation sites is 1. The lowest BCUT2D eigenvalue weighted by Crippen LogP contribution is -2.24. The summed E-state index contributed by atoms with van der Waals surface area (Å²) in [5.41, 5.74) is 1.66. The summed E-state index contributed by atoms with van der Waals surface area (Å²) in [5.74, 6) is 0.471. The number of furan rings is 1. The van der Waals surface area contributed by atoms with Crippen molar-refractivity contribution < 1.29 is 18.7 Å². The average Bonchev–Trinajstić information content (AvgIpc) is 2.90. The minimum atomic E-state index is -0.624. The van der Waals surface area contributed by atoms with Crippen LogP contribution in [0.25, 0.3) is 0 Å². The second-order valence-corrected chi connectivity index (χ2v) is 4.35. The molecule has 6 heteroatoms. The van der Waals surface area contributed by atoms with E-state index in [4.69, 9.17) is 4.42 Å². The zero-order chi connectivity index (χ0) is 15.2. The number of hydrogen-bond acceptors (Lipinski definition) is 4. The predicted molar refractivity (Wildman–Crippen MR) is 77.1 cm³/mol. The average molecular weight is 288 g/mol. The van der Waals surface area contributed by atoms with Crippen LogP contribution < -0.4 is 10.6 Å². The second kappa shape index (κ2) is 6.60. The van der Waals surface area contributed by atoms with Crippen molar-refractivity contribution in [2.45, 2.75) is 13.5 Å². The number of nitrogens with one attached hydrogen (secondary N) is 2. The number of rotatable bonds is 4. The first-order chi connectivity index (χ1) is 10.1. The summed E-state index contributed by atoms with van der Waals surface area (Å²) >= 11 is 0. The Morgan fingerprint density at radius 1 is 1.24 bits per heavy atom. The molecule has 1 aromatic carbocycles. The van der Waals surface area contributed by atoms with E-state index in [-0.39, 0.29) is 5.91 Å². The normalized spacial score (nSPS) is 10.0. The lowest BCUT2D eigenvalue weighted by atomic mass is 10.1. The Balaban J connectivity index is 2.08. The largest absolute Gasteiger partial charge is 0.469 e. The molecule has 0 fully saturated rings. The molecule has 0 radical (unpaired) electrons. The number of carbonyl (C=O) groups is 2. The summed E-state index contributed by atoms with van der Waals surface area (Å²) in [5, 5.41) is 5.29. The van der Waals surface area contributed by atoms with Gasteiger partial charge >= 0.3 is 6.09 Å². The first-order valence-corrected chi connectivity index (χ1v) is 6.37. The molecule has 2 aromatic rings. The molecule has 0 spiro atoms. The number of carbonyl (C=O) groups excluding carboxylic acids is 2. The van der Waals surface area contributed by atoms with E-state index in [2.05, 4.69) is 15.4 Å². The van der Waals surface area contributed by atoms with Crippen LogP contribution in [-0.2, 0) is 11.3 Å². The molecular weight excluding hydrogens is 272 g/mol. The highest BCUT2D eigenvalue weighted by Crippen LogP contribution is 2.16. The van der Waals surface area contributed by atoms with Gasteiger partial charge < -0.3 is 14.5 Å². The molecule has 0 saturated heterocycles. The van der Waals surface area contributed by atoms with E-state index < -0.39 is 6.09 Å². The summed E-state index contributed by atoms with van der Waals surface area (Å²) in [4.78, 5) is 23.5. The van der Waals surface area contributed by atoms with Crippen molar-refractivity contribution in [2.75, 3.05) is 12.4 Å². The van der Waals surface area contributed by atoms with Gasteiger partial charge in [0, 0.05) is 12.1 Å². The fourth-order valence-corrected chi connectivity index (χ4v) is 1.82. The van der Waals surface area contributed by atoms with Crippen molar-refractivity contribution in [1.82, 2.24) is 5.32 Å². The van der Waals surface area contributed by atoms with Crippen LogP contribution in [0.4, 0.5) is 10.5 Å². The highest BCUT2D eigenvalue weighted by molar-refractivity contribution is 6.02. The van der Waals surface area contributed by atoms with Crippen molar-refractivity contribution >= 4 is 17.7 Å². The molecule has 2 N–H and O–H groups in total. The standard InChI is InChI=1S/C15H16N2O4/c1-10-11(7-8-21-10)9-16-14(18)12-5-3-4-6-13(12)17-15(19)20-2/h3-8H,9H2,1-2H3,(H,16,18)(H,17,19). The molecule has 2 rings (SSSR count). The van der Waals surface area contributed by atoms with E-state index in [1.54, 1.807) is 36.6 Å². The number of amides is 2. The molecule has 6 nitrogen and oxygen atoms in total. The highest BCUT2D eigenvalue weighted by atomic mass is 16.5. The third kappa shape index (κ3) is 3.62. The molecule has 0 aliphatic heterocycles. The number of methoxy groups -OCH3 is 1. The summed E-state index contributed by atoms with van der Waals surface area (Å²) < 4.78 is 9.70. The Labute approximate surface area is 122 Å². The number of anilines is 1. The van der Waals surface area contributed by atoms with Crippen LogP contribution in [0.2, 0.25) is 0 Å². The number of ether oxygens (including phenoxy) is 1. The molecule has 0 aliphatic rings. The maximum atomic E-state index is 12.2. The van der Waals surface area contributed by atoms with Gasteiger partial charge in [0.05, 0.1) is 24.6 Å².